The standard InChI is InChI=1S/C9H9N3O2S2.H2O/c10-7-1-3-8(4-2-7)16(13,14)12-9-11-5-6-15-9;/h1-6H,10H2,(H,11,12);1H2. The Morgan fingerprint density at radius 1 is 1.24 bits per heavy atom. The van der Waals surface area contributed by atoms with Crippen LogP contribution >= 0.6 is 11.3 Å². The fourth-order valence-electron chi connectivity index (χ4n) is 1.09. The van der Waals surface area contributed by atoms with Crippen LogP contribution in [-0.2, 0) is 10.0 Å². The second-order valence-corrected chi connectivity index (χ2v) is 5.59. The van der Waals surface area contributed by atoms with Crippen LogP contribution in [0.15, 0.2) is 40.7 Å². The highest BCUT2D eigenvalue weighted by atomic mass is 32.2. The molecular weight excluding hydrogens is 262 g/mol. The van der Waals surface area contributed by atoms with Crippen LogP contribution in [0.1, 0.15) is 0 Å². The summed E-state index contributed by atoms with van der Waals surface area (Å²) in [5.41, 5.74) is 6.00. The quantitative estimate of drug-likeness (QED) is 0.800. The van der Waals surface area contributed by atoms with E-state index < -0.39 is 10.0 Å². The van der Waals surface area contributed by atoms with Gasteiger partial charge in [-0.15, -0.1) is 11.3 Å². The molecule has 0 amide bonds. The lowest BCUT2D eigenvalue weighted by Gasteiger charge is -2.04. The molecule has 0 aliphatic heterocycles. The molecule has 1 aromatic heterocycles. The van der Waals surface area contributed by atoms with E-state index in [9.17, 15) is 8.42 Å². The molecule has 2 aromatic rings. The Balaban J connectivity index is 0.00000144. The molecule has 1 aromatic carbocycles. The van der Waals surface area contributed by atoms with Crippen LogP contribution in [0.25, 0.3) is 0 Å². The number of nitrogens with two attached hydrogens (primary N) is 1. The van der Waals surface area contributed by atoms with Crippen molar-refractivity contribution in [2.45, 2.75) is 4.90 Å². The maximum Gasteiger partial charge on any atom is 0.263 e. The third-order valence-corrected chi connectivity index (χ3v) is 4.02. The van der Waals surface area contributed by atoms with Crippen LogP contribution in [0.3, 0.4) is 0 Å². The van der Waals surface area contributed by atoms with E-state index in [-0.39, 0.29) is 10.4 Å². The predicted octanol–water partition coefficient (Wildman–Crippen LogP) is 0.701. The molecule has 0 spiro atoms. The third kappa shape index (κ3) is 3.16. The molecule has 6 nitrogen and oxygen atoms in total. The van der Waals surface area contributed by atoms with E-state index in [1.807, 2.05) is 0 Å². The zero-order chi connectivity index (χ0) is 11.6. The predicted molar refractivity (Wildman–Crippen MR) is 67.4 cm³/mol. The lowest BCUT2D eigenvalue weighted by molar-refractivity contribution is 0.601. The molecular formula is C9H11N3O3S2. The van der Waals surface area contributed by atoms with Gasteiger partial charge in [0.05, 0.1) is 4.90 Å². The molecule has 0 saturated heterocycles. The van der Waals surface area contributed by atoms with E-state index in [4.69, 9.17) is 5.73 Å². The Bertz CT molecular complexity index is 564. The van der Waals surface area contributed by atoms with Crippen LogP contribution in [0.5, 0.6) is 0 Å². The summed E-state index contributed by atoms with van der Waals surface area (Å²) >= 11 is 1.22. The van der Waals surface area contributed by atoms with Crippen molar-refractivity contribution in [2.75, 3.05) is 10.5 Å². The normalized spacial score (nSPS) is 10.6. The van der Waals surface area contributed by atoms with Gasteiger partial charge in [0.25, 0.3) is 10.0 Å². The fourth-order valence-corrected chi connectivity index (χ4v) is 2.88. The summed E-state index contributed by atoms with van der Waals surface area (Å²) < 4.78 is 26.0. The van der Waals surface area contributed by atoms with Crippen molar-refractivity contribution in [3.63, 3.8) is 0 Å². The maximum atomic E-state index is 11.8. The van der Waals surface area contributed by atoms with Crippen molar-refractivity contribution >= 4 is 32.2 Å². The van der Waals surface area contributed by atoms with Crippen LogP contribution in [0.2, 0.25) is 0 Å². The molecule has 1 heterocycles. The van der Waals surface area contributed by atoms with E-state index in [1.54, 1.807) is 5.38 Å². The molecule has 0 atom stereocenters. The molecule has 2 rings (SSSR count). The molecule has 0 aliphatic carbocycles. The number of anilines is 2. The number of nitrogens with one attached hydrogen (secondary N) is 1. The highest BCUT2D eigenvalue weighted by Crippen LogP contribution is 2.18. The van der Waals surface area contributed by atoms with Crippen molar-refractivity contribution in [1.82, 2.24) is 4.98 Å². The minimum atomic E-state index is -3.56. The number of rotatable bonds is 3. The van der Waals surface area contributed by atoms with Crippen molar-refractivity contribution in [1.29, 1.82) is 0 Å². The summed E-state index contributed by atoms with van der Waals surface area (Å²) in [6.45, 7) is 0. The summed E-state index contributed by atoms with van der Waals surface area (Å²) in [5, 5.41) is 2.04. The highest BCUT2D eigenvalue weighted by Gasteiger charge is 2.14. The van der Waals surface area contributed by atoms with E-state index in [2.05, 4.69) is 9.71 Å². The molecule has 0 saturated carbocycles. The molecule has 5 N–H and O–H groups in total. The topological polar surface area (TPSA) is 117 Å². The van der Waals surface area contributed by atoms with Crippen LogP contribution in [-0.4, -0.2) is 18.9 Å². The summed E-state index contributed by atoms with van der Waals surface area (Å²) in [6.07, 6.45) is 1.53. The van der Waals surface area contributed by atoms with Crippen molar-refractivity contribution in [3.8, 4) is 0 Å². The first-order valence-corrected chi connectivity index (χ1v) is 6.72. The van der Waals surface area contributed by atoms with E-state index in [1.165, 1.54) is 41.8 Å². The van der Waals surface area contributed by atoms with Crippen LogP contribution < -0.4 is 10.5 Å². The average Bonchev–Trinajstić information content (AvgIpc) is 2.70. The first-order chi connectivity index (χ1) is 7.58. The number of sulfonamides is 1. The fraction of sp³-hybridized carbons (Fsp3) is 0. The second kappa shape index (κ2) is 5.13. The lowest BCUT2D eigenvalue weighted by Crippen LogP contribution is -2.12. The van der Waals surface area contributed by atoms with E-state index >= 15 is 0 Å². The minimum absolute atomic E-state index is 0. The zero-order valence-corrected chi connectivity index (χ0v) is 10.3. The zero-order valence-electron chi connectivity index (χ0n) is 8.62. The van der Waals surface area contributed by atoms with Gasteiger partial charge in [0, 0.05) is 17.3 Å². The molecule has 17 heavy (non-hydrogen) atoms. The van der Waals surface area contributed by atoms with E-state index in [0.29, 0.717) is 10.8 Å². The molecule has 0 bridgehead atoms. The van der Waals surface area contributed by atoms with Gasteiger partial charge in [0.1, 0.15) is 0 Å². The monoisotopic (exact) mass is 273 g/mol. The number of benzene rings is 1. The first kappa shape index (κ1) is 13.4. The number of nitrogens with zero attached hydrogens (tertiary/aromatic N) is 1. The SMILES string of the molecule is Nc1ccc(S(=O)(=O)Nc2nccs2)cc1.O. The molecule has 0 radical (unpaired) electrons. The summed E-state index contributed by atoms with van der Waals surface area (Å²) in [5.74, 6) is 0. The first-order valence-electron chi connectivity index (χ1n) is 4.36. The molecule has 92 valence electrons. The van der Waals surface area contributed by atoms with Gasteiger partial charge in [-0.1, -0.05) is 0 Å². The summed E-state index contributed by atoms with van der Waals surface area (Å²) in [4.78, 5) is 4.01. The second-order valence-electron chi connectivity index (χ2n) is 3.01. The lowest BCUT2D eigenvalue weighted by atomic mass is 10.3. The Labute approximate surface area is 102 Å². The maximum absolute atomic E-state index is 11.8. The van der Waals surface area contributed by atoms with Gasteiger partial charge in [0.2, 0.25) is 0 Å². The third-order valence-electron chi connectivity index (χ3n) is 1.84. The Kier molecular flexibility index (Phi) is 4.05. The van der Waals surface area contributed by atoms with Crippen molar-refractivity contribution < 1.29 is 13.9 Å². The Morgan fingerprint density at radius 2 is 1.88 bits per heavy atom. The highest BCUT2D eigenvalue weighted by molar-refractivity contribution is 7.93. The molecule has 0 aliphatic rings. The van der Waals surface area contributed by atoms with Crippen LogP contribution in [0, 0.1) is 0 Å². The molecule has 0 unspecified atom stereocenters. The van der Waals surface area contributed by atoms with Gasteiger partial charge in [-0.3, -0.25) is 4.72 Å². The van der Waals surface area contributed by atoms with Gasteiger partial charge in [-0.05, 0) is 24.3 Å². The largest absolute Gasteiger partial charge is 0.412 e. The van der Waals surface area contributed by atoms with Gasteiger partial charge in [0.15, 0.2) is 5.13 Å². The smallest absolute Gasteiger partial charge is 0.263 e. The van der Waals surface area contributed by atoms with E-state index in [0.717, 1.165) is 0 Å². The van der Waals surface area contributed by atoms with Gasteiger partial charge in [-0.2, -0.15) is 0 Å². The Hall–Kier alpha value is -1.64. The van der Waals surface area contributed by atoms with Gasteiger partial charge in [-0.25, -0.2) is 13.4 Å². The summed E-state index contributed by atoms with van der Waals surface area (Å²) in [6, 6.07) is 5.98. The molecule has 8 heteroatoms. The van der Waals surface area contributed by atoms with Crippen molar-refractivity contribution in [2.24, 2.45) is 0 Å². The molecule has 0 fully saturated rings. The number of thiazole rings is 1. The van der Waals surface area contributed by atoms with Crippen LogP contribution in [0.4, 0.5) is 10.8 Å². The minimum Gasteiger partial charge on any atom is -0.412 e. The summed E-state index contributed by atoms with van der Waals surface area (Å²) in [7, 11) is -3.56. The van der Waals surface area contributed by atoms with Gasteiger partial charge < -0.3 is 11.2 Å². The average molecular weight is 273 g/mol. The Morgan fingerprint density at radius 3 is 2.41 bits per heavy atom. The number of hydrogen-bond donors (Lipinski definition) is 2. The van der Waals surface area contributed by atoms with Crippen molar-refractivity contribution in [3.05, 3.63) is 35.8 Å². The number of nitrogen functional groups attached to an aromatic ring is 1. The van der Waals surface area contributed by atoms with Gasteiger partial charge >= 0.3 is 0 Å². The number of aromatic nitrogens is 1. The number of hydrogen-bond acceptors (Lipinski definition) is 5.